The minimum atomic E-state index is -0.550. The van der Waals surface area contributed by atoms with Crippen molar-refractivity contribution in [1.82, 2.24) is 10.2 Å². The number of nitrogens with one attached hydrogen (secondary N) is 1. The van der Waals surface area contributed by atoms with Crippen LogP contribution in [0.2, 0.25) is 0 Å². The highest BCUT2D eigenvalue weighted by Crippen LogP contribution is 2.17. The number of likely N-dealkylation sites (tertiary alicyclic amines) is 1. The van der Waals surface area contributed by atoms with Crippen molar-refractivity contribution in [2.45, 2.75) is 64.6 Å². The number of hydrogen-bond donors (Lipinski definition) is 2. The molecule has 1 heterocycles. The molecule has 3 heteroatoms. The molecule has 1 aliphatic heterocycles. The van der Waals surface area contributed by atoms with E-state index in [-0.39, 0.29) is 0 Å². The minimum Gasteiger partial charge on any atom is -0.389 e. The number of aliphatic hydroxyl groups is 1. The first kappa shape index (κ1) is 13.9. The average Bonchev–Trinajstić information content (AvgIpc) is 2.27. The molecule has 0 bridgehead atoms. The van der Waals surface area contributed by atoms with Crippen molar-refractivity contribution in [3.63, 3.8) is 0 Å². The van der Waals surface area contributed by atoms with Crippen molar-refractivity contribution < 1.29 is 5.11 Å². The van der Waals surface area contributed by atoms with E-state index in [9.17, 15) is 5.11 Å². The Labute approximate surface area is 100 Å². The van der Waals surface area contributed by atoms with Crippen LogP contribution in [0.1, 0.15) is 47.0 Å². The molecule has 16 heavy (non-hydrogen) atoms. The fourth-order valence-corrected chi connectivity index (χ4v) is 2.37. The standard InChI is InChI=1S/C13H28N2O/c1-5-13(4,16)10-14-12-7-8-15(6-2)11(3)9-12/h11-12,14,16H,5-10H2,1-4H3. The van der Waals surface area contributed by atoms with Crippen LogP contribution in [0.3, 0.4) is 0 Å². The zero-order valence-corrected chi connectivity index (χ0v) is 11.3. The van der Waals surface area contributed by atoms with E-state index < -0.39 is 5.60 Å². The molecule has 0 amide bonds. The molecule has 1 aliphatic rings. The van der Waals surface area contributed by atoms with Gasteiger partial charge in [-0.25, -0.2) is 0 Å². The predicted molar refractivity (Wildman–Crippen MR) is 68.6 cm³/mol. The van der Waals surface area contributed by atoms with Crippen LogP contribution in [-0.2, 0) is 0 Å². The molecular weight excluding hydrogens is 200 g/mol. The molecule has 0 aliphatic carbocycles. The normalized spacial score (nSPS) is 31.3. The Kier molecular flexibility index (Phi) is 5.22. The van der Waals surface area contributed by atoms with Gasteiger partial charge in [0, 0.05) is 18.6 Å². The van der Waals surface area contributed by atoms with E-state index in [2.05, 4.69) is 24.1 Å². The third-order valence-corrected chi connectivity index (χ3v) is 3.95. The van der Waals surface area contributed by atoms with E-state index in [0.29, 0.717) is 18.6 Å². The summed E-state index contributed by atoms with van der Waals surface area (Å²) in [4.78, 5) is 2.52. The lowest BCUT2D eigenvalue weighted by molar-refractivity contribution is 0.0466. The van der Waals surface area contributed by atoms with E-state index in [4.69, 9.17) is 0 Å². The van der Waals surface area contributed by atoms with Gasteiger partial charge in [0.15, 0.2) is 0 Å². The molecule has 0 aromatic carbocycles. The highest BCUT2D eigenvalue weighted by Gasteiger charge is 2.26. The van der Waals surface area contributed by atoms with Crippen molar-refractivity contribution >= 4 is 0 Å². The van der Waals surface area contributed by atoms with Gasteiger partial charge >= 0.3 is 0 Å². The molecule has 1 fully saturated rings. The second-order valence-corrected chi connectivity index (χ2v) is 5.43. The van der Waals surface area contributed by atoms with Gasteiger partial charge in [0.1, 0.15) is 0 Å². The van der Waals surface area contributed by atoms with Crippen LogP contribution >= 0.6 is 0 Å². The smallest absolute Gasteiger partial charge is 0.0741 e. The Morgan fingerprint density at radius 3 is 2.62 bits per heavy atom. The van der Waals surface area contributed by atoms with Gasteiger partial charge in [0.2, 0.25) is 0 Å². The topological polar surface area (TPSA) is 35.5 Å². The highest BCUT2D eigenvalue weighted by atomic mass is 16.3. The van der Waals surface area contributed by atoms with E-state index in [1.54, 1.807) is 0 Å². The van der Waals surface area contributed by atoms with Crippen LogP contribution in [0.4, 0.5) is 0 Å². The van der Waals surface area contributed by atoms with Crippen LogP contribution in [0.5, 0.6) is 0 Å². The molecule has 1 saturated heterocycles. The Morgan fingerprint density at radius 1 is 1.44 bits per heavy atom. The fraction of sp³-hybridized carbons (Fsp3) is 1.00. The van der Waals surface area contributed by atoms with Crippen molar-refractivity contribution in [2.24, 2.45) is 0 Å². The zero-order chi connectivity index (χ0) is 12.2. The minimum absolute atomic E-state index is 0.550. The number of hydrogen-bond acceptors (Lipinski definition) is 3. The molecule has 0 saturated carbocycles. The Balaban J connectivity index is 2.30. The van der Waals surface area contributed by atoms with Crippen molar-refractivity contribution in [3.8, 4) is 0 Å². The summed E-state index contributed by atoms with van der Waals surface area (Å²) in [6.07, 6.45) is 3.22. The zero-order valence-electron chi connectivity index (χ0n) is 11.3. The maximum absolute atomic E-state index is 9.94. The van der Waals surface area contributed by atoms with Gasteiger partial charge in [-0.2, -0.15) is 0 Å². The molecule has 0 aromatic heterocycles. The highest BCUT2D eigenvalue weighted by molar-refractivity contribution is 4.84. The molecule has 96 valence electrons. The Morgan fingerprint density at radius 2 is 2.12 bits per heavy atom. The third-order valence-electron chi connectivity index (χ3n) is 3.95. The first-order valence-electron chi connectivity index (χ1n) is 6.68. The second kappa shape index (κ2) is 5.99. The quantitative estimate of drug-likeness (QED) is 0.750. The van der Waals surface area contributed by atoms with Gasteiger partial charge < -0.3 is 15.3 Å². The molecular formula is C13H28N2O. The first-order valence-corrected chi connectivity index (χ1v) is 6.68. The van der Waals surface area contributed by atoms with E-state index >= 15 is 0 Å². The van der Waals surface area contributed by atoms with Crippen LogP contribution in [0.15, 0.2) is 0 Å². The summed E-state index contributed by atoms with van der Waals surface area (Å²) in [5.74, 6) is 0. The van der Waals surface area contributed by atoms with Crippen LogP contribution < -0.4 is 5.32 Å². The van der Waals surface area contributed by atoms with Crippen molar-refractivity contribution in [1.29, 1.82) is 0 Å². The number of rotatable bonds is 5. The van der Waals surface area contributed by atoms with Gasteiger partial charge in [0.25, 0.3) is 0 Å². The summed E-state index contributed by atoms with van der Waals surface area (Å²) in [6, 6.07) is 1.25. The van der Waals surface area contributed by atoms with Crippen LogP contribution in [-0.4, -0.2) is 47.3 Å². The SMILES string of the molecule is CCN1CCC(NCC(C)(O)CC)CC1C. The summed E-state index contributed by atoms with van der Waals surface area (Å²) >= 11 is 0. The maximum Gasteiger partial charge on any atom is 0.0741 e. The van der Waals surface area contributed by atoms with Crippen LogP contribution in [0, 0.1) is 0 Å². The summed E-state index contributed by atoms with van der Waals surface area (Å²) in [7, 11) is 0. The lowest BCUT2D eigenvalue weighted by atomic mass is 9.96. The summed E-state index contributed by atoms with van der Waals surface area (Å²) in [5, 5.41) is 13.5. The van der Waals surface area contributed by atoms with Gasteiger partial charge in [-0.3, -0.25) is 0 Å². The molecule has 3 unspecified atom stereocenters. The van der Waals surface area contributed by atoms with E-state index in [0.717, 1.165) is 13.0 Å². The monoisotopic (exact) mass is 228 g/mol. The van der Waals surface area contributed by atoms with Gasteiger partial charge in [-0.1, -0.05) is 13.8 Å². The molecule has 0 aromatic rings. The summed E-state index contributed by atoms with van der Waals surface area (Å²) < 4.78 is 0. The molecule has 3 nitrogen and oxygen atoms in total. The molecule has 3 atom stereocenters. The lowest BCUT2D eigenvalue weighted by Gasteiger charge is -2.38. The summed E-state index contributed by atoms with van der Waals surface area (Å²) in [6.45, 7) is 11.5. The lowest BCUT2D eigenvalue weighted by Crippen LogP contribution is -2.50. The molecule has 0 radical (unpaired) electrons. The Bertz CT molecular complexity index is 206. The third kappa shape index (κ3) is 4.04. The maximum atomic E-state index is 9.94. The number of piperidine rings is 1. The van der Waals surface area contributed by atoms with Gasteiger partial charge in [-0.15, -0.1) is 0 Å². The number of nitrogens with zero attached hydrogens (tertiary/aromatic N) is 1. The first-order chi connectivity index (χ1) is 7.48. The van der Waals surface area contributed by atoms with Crippen molar-refractivity contribution in [3.05, 3.63) is 0 Å². The summed E-state index contributed by atoms with van der Waals surface area (Å²) in [5.41, 5.74) is -0.550. The molecule has 2 N–H and O–H groups in total. The fourth-order valence-electron chi connectivity index (χ4n) is 2.37. The van der Waals surface area contributed by atoms with Crippen molar-refractivity contribution in [2.75, 3.05) is 19.6 Å². The van der Waals surface area contributed by atoms with Gasteiger partial charge in [-0.05, 0) is 46.2 Å². The van der Waals surface area contributed by atoms with Gasteiger partial charge in [0.05, 0.1) is 5.60 Å². The second-order valence-electron chi connectivity index (χ2n) is 5.43. The van der Waals surface area contributed by atoms with E-state index in [1.165, 1.54) is 19.4 Å². The van der Waals surface area contributed by atoms with Crippen LogP contribution in [0.25, 0.3) is 0 Å². The average molecular weight is 228 g/mol. The molecule has 0 spiro atoms. The Hall–Kier alpha value is -0.120. The van der Waals surface area contributed by atoms with E-state index in [1.807, 2.05) is 13.8 Å². The predicted octanol–water partition coefficient (Wildman–Crippen LogP) is 1.61. The molecule has 1 rings (SSSR count). The largest absolute Gasteiger partial charge is 0.389 e.